The molecule has 0 heterocycles. The van der Waals surface area contributed by atoms with Gasteiger partial charge in [0.25, 0.3) is 0 Å². The van der Waals surface area contributed by atoms with Crippen molar-refractivity contribution >= 4 is 23.8 Å². The van der Waals surface area contributed by atoms with E-state index in [2.05, 4.69) is 19.2 Å². The monoisotopic (exact) mass is 395 g/mol. The van der Waals surface area contributed by atoms with Crippen LogP contribution in [0.15, 0.2) is 30.3 Å². The normalized spacial score (nSPS) is 15.0. The van der Waals surface area contributed by atoms with Gasteiger partial charge in [-0.25, -0.2) is 9.59 Å². The molecule has 0 aliphatic heterocycles. The van der Waals surface area contributed by atoms with Crippen LogP contribution in [0, 0.1) is 5.92 Å². The van der Waals surface area contributed by atoms with Crippen molar-refractivity contribution in [2.75, 3.05) is 5.75 Å². The molecule has 0 bridgehead atoms. The van der Waals surface area contributed by atoms with Crippen LogP contribution in [-0.4, -0.2) is 35.6 Å². The van der Waals surface area contributed by atoms with E-state index in [9.17, 15) is 9.59 Å². The molecular formula is C21H33NO4S. The van der Waals surface area contributed by atoms with Gasteiger partial charge in [0.2, 0.25) is 0 Å². The van der Waals surface area contributed by atoms with Crippen molar-refractivity contribution < 1.29 is 19.1 Å². The summed E-state index contributed by atoms with van der Waals surface area (Å²) in [6.45, 7) is 13.1. The van der Waals surface area contributed by atoms with Crippen LogP contribution in [0.5, 0.6) is 0 Å². The summed E-state index contributed by atoms with van der Waals surface area (Å²) in [6, 6.07) is 9.25. The first-order valence-corrected chi connectivity index (χ1v) is 10.4. The fourth-order valence-corrected chi connectivity index (χ4v) is 3.60. The summed E-state index contributed by atoms with van der Waals surface area (Å²) < 4.78 is 10.8. The minimum atomic E-state index is -0.783. The van der Waals surface area contributed by atoms with E-state index in [1.807, 2.05) is 37.3 Å². The summed E-state index contributed by atoms with van der Waals surface area (Å²) in [5.41, 5.74) is 0.503. The Labute approximate surface area is 167 Å². The van der Waals surface area contributed by atoms with Gasteiger partial charge in [0.1, 0.15) is 17.7 Å². The largest absolute Gasteiger partial charge is 0.460 e. The molecule has 1 N–H and O–H groups in total. The van der Waals surface area contributed by atoms with Gasteiger partial charge in [0.05, 0.1) is 5.25 Å². The van der Waals surface area contributed by atoms with E-state index in [1.54, 1.807) is 39.5 Å². The molecule has 152 valence electrons. The maximum Gasteiger partial charge on any atom is 0.408 e. The van der Waals surface area contributed by atoms with Gasteiger partial charge in [0, 0.05) is 0 Å². The van der Waals surface area contributed by atoms with Crippen LogP contribution >= 0.6 is 11.8 Å². The molecule has 6 heteroatoms. The van der Waals surface area contributed by atoms with Crippen molar-refractivity contribution in [2.24, 2.45) is 5.92 Å². The highest BCUT2D eigenvalue weighted by Crippen LogP contribution is 2.35. The maximum absolute atomic E-state index is 12.4. The molecule has 1 aromatic rings. The van der Waals surface area contributed by atoms with Gasteiger partial charge >= 0.3 is 12.1 Å². The van der Waals surface area contributed by atoms with Gasteiger partial charge in [0.15, 0.2) is 0 Å². The Hall–Kier alpha value is -1.69. The molecule has 0 radical (unpaired) electrons. The standard InChI is InChI=1S/C21H33NO4S/c1-14(2)13-27-18(17-11-9-8-10-12-17)16(4)25-19(23)15(3)22-20(24)26-21(5,6)7/h8-12,14-16,18H,13H2,1-7H3,(H,22,24)/t15-,16-,18-/m0/s1. The number of rotatable bonds is 8. The Morgan fingerprint density at radius 3 is 2.19 bits per heavy atom. The number of carbonyl (C=O) groups excluding carboxylic acids is 2. The third-order valence-corrected chi connectivity index (χ3v) is 5.43. The third-order valence-electron chi connectivity index (χ3n) is 3.55. The van der Waals surface area contributed by atoms with Crippen molar-refractivity contribution in [3.8, 4) is 0 Å². The number of thioether (sulfide) groups is 1. The van der Waals surface area contributed by atoms with E-state index in [-0.39, 0.29) is 11.4 Å². The first kappa shape index (κ1) is 23.3. The van der Waals surface area contributed by atoms with E-state index in [0.717, 1.165) is 11.3 Å². The second-order valence-electron chi connectivity index (χ2n) is 8.07. The lowest BCUT2D eigenvalue weighted by molar-refractivity contribution is -0.150. The van der Waals surface area contributed by atoms with Crippen LogP contribution in [0.4, 0.5) is 4.79 Å². The molecular weight excluding hydrogens is 362 g/mol. The Bertz CT molecular complexity index is 598. The zero-order valence-electron chi connectivity index (χ0n) is 17.4. The van der Waals surface area contributed by atoms with Crippen molar-refractivity contribution in [1.29, 1.82) is 0 Å². The Morgan fingerprint density at radius 2 is 1.67 bits per heavy atom. The number of nitrogens with one attached hydrogen (secondary N) is 1. The molecule has 5 nitrogen and oxygen atoms in total. The van der Waals surface area contributed by atoms with Crippen LogP contribution in [0.3, 0.4) is 0 Å². The fraction of sp³-hybridized carbons (Fsp3) is 0.619. The smallest absolute Gasteiger partial charge is 0.408 e. The predicted molar refractivity (Wildman–Crippen MR) is 111 cm³/mol. The molecule has 27 heavy (non-hydrogen) atoms. The van der Waals surface area contributed by atoms with Crippen LogP contribution in [0.2, 0.25) is 0 Å². The van der Waals surface area contributed by atoms with E-state index in [4.69, 9.17) is 9.47 Å². The van der Waals surface area contributed by atoms with Gasteiger partial charge < -0.3 is 14.8 Å². The molecule has 0 aliphatic rings. The molecule has 1 aromatic carbocycles. The first-order valence-electron chi connectivity index (χ1n) is 9.36. The van der Waals surface area contributed by atoms with Crippen LogP contribution in [0.25, 0.3) is 0 Å². The number of hydrogen-bond donors (Lipinski definition) is 1. The van der Waals surface area contributed by atoms with Crippen molar-refractivity contribution in [1.82, 2.24) is 5.32 Å². The lowest BCUT2D eigenvalue weighted by Gasteiger charge is -2.26. The molecule has 0 fully saturated rings. The minimum absolute atomic E-state index is 0.0336. The lowest BCUT2D eigenvalue weighted by atomic mass is 10.1. The maximum atomic E-state index is 12.4. The number of hydrogen-bond acceptors (Lipinski definition) is 5. The second kappa shape index (κ2) is 10.6. The van der Waals surface area contributed by atoms with Crippen molar-refractivity contribution in [3.63, 3.8) is 0 Å². The molecule has 0 saturated heterocycles. The summed E-state index contributed by atoms with van der Waals surface area (Å²) in [5, 5.41) is 2.56. The molecule has 0 aromatic heterocycles. The highest BCUT2D eigenvalue weighted by molar-refractivity contribution is 7.99. The summed E-state index contributed by atoms with van der Waals surface area (Å²) >= 11 is 1.78. The van der Waals surface area contributed by atoms with Gasteiger partial charge in [-0.2, -0.15) is 0 Å². The Balaban J connectivity index is 2.71. The first-order chi connectivity index (χ1) is 12.5. The van der Waals surface area contributed by atoms with Crippen LogP contribution in [0.1, 0.15) is 59.3 Å². The van der Waals surface area contributed by atoms with Crippen molar-refractivity contribution in [2.45, 2.75) is 71.5 Å². The molecule has 1 rings (SSSR count). The summed E-state index contributed by atoms with van der Waals surface area (Å²) in [4.78, 5) is 24.3. The van der Waals surface area contributed by atoms with Gasteiger partial charge in [-0.1, -0.05) is 44.2 Å². The number of amides is 1. The van der Waals surface area contributed by atoms with E-state index in [1.165, 1.54) is 0 Å². The van der Waals surface area contributed by atoms with E-state index < -0.39 is 23.7 Å². The van der Waals surface area contributed by atoms with Crippen LogP contribution in [-0.2, 0) is 14.3 Å². The molecule has 0 saturated carbocycles. The highest BCUT2D eigenvalue weighted by atomic mass is 32.2. The predicted octanol–water partition coefficient (Wildman–Crippen LogP) is 4.96. The summed E-state index contributed by atoms with van der Waals surface area (Å²) in [6.07, 6.45) is -0.958. The van der Waals surface area contributed by atoms with Gasteiger partial charge in [-0.3, -0.25) is 0 Å². The van der Waals surface area contributed by atoms with E-state index >= 15 is 0 Å². The fourth-order valence-electron chi connectivity index (χ4n) is 2.33. The summed E-state index contributed by atoms with van der Waals surface area (Å²) in [5.74, 6) is 1.03. The lowest BCUT2D eigenvalue weighted by Crippen LogP contribution is -2.43. The quantitative estimate of drug-likeness (QED) is 0.630. The Kier molecular flexibility index (Phi) is 9.16. The molecule has 0 spiro atoms. The second-order valence-corrected chi connectivity index (χ2v) is 9.24. The molecule has 3 atom stereocenters. The Morgan fingerprint density at radius 1 is 1.07 bits per heavy atom. The average Bonchev–Trinajstić information content (AvgIpc) is 2.53. The van der Waals surface area contributed by atoms with Gasteiger partial charge in [-0.15, -0.1) is 11.8 Å². The van der Waals surface area contributed by atoms with Crippen molar-refractivity contribution in [3.05, 3.63) is 35.9 Å². The minimum Gasteiger partial charge on any atom is -0.460 e. The number of ether oxygens (including phenoxy) is 2. The van der Waals surface area contributed by atoms with Gasteiger partial charge in [-0.05, 0) is 51.9 Å². The number of benzene rings is 1. The topological polar surface area (TPSA) is 64.6 Å². The third kappa shape index (κ3) is 9.18. The molecule has 0 aliphatic carbocycles. The molecule has 0 unspecified atom stereocenters. The molecule has 1 amide bonds. The summed E-state index contributed by atoms with van der Waals surface area (Å²) in [7, 11) is 0. The highest BCUT2D eigenvalue weighted by Gasteiger charge is 2.27. The van der Waals surface area contributed by atoms with E-state index in [0.29, 0.717) is 5.92 Å². The average molecular weight is 396 g/mol. The number of esters is 1. The SMILES string of the molecule is CC(C)CS[C@H](c1ccccc1)[C@H](C)OC(=O)[C@H](C)NC(=O)OC(C)(C)C. The van der Waals surface area contributed by atoms with Crippen LogP contribution < -0.4 is 5.32 Å². The zero-order valence-corrected chi connectivity index (χ0v) is 18.3. The number of carbonyl (C=O) groups is 2. The number of alkyl carbamates (subject to hydrolysis) is 1. The zero-order chi connectivity index (χ0) is 20.6.